The molecule has 0 radical (unpaired) electrons. The van der Waals surface area contributed by atoms with Gasteiger partial charge in [0.2, 0.25) is 0 Å². The normalized spacial score (nSPS) is 11.5. The van der Waals surface area contributed by atoms with E-state index in [1.54, 1.807) is 49.6 Å². The largest absolute Gasteiger partial charge is 0.497 e. The highest BCUT2D eigenvalue weighted by Gasteiger charge is 2.23. The van der Waals surface area contributed by atoms with Gasteiger partial charge in [-0.05, 0) is 30.3 Å². The van der Waals surface area contributed by atoms with E-state index in [1.807, 2.05) is 0 Å². The van der Waals surface area contributed by atoms with Crippen LogP contribution in [0.2, 0.25) is 0 Å². The molecule has 0 aliphatic carbocycles. The minimum absolute atomic E-state index is 0.119. The Morgan fingerprint density at radius 2 is 1.62 bits per heavy atom. The fourth-order valence-corrected chi connectivity index (χ4v) is 2.29. The first-order chi connectivity index (χ1) is 11.6. The predicted molar refractivity (Wildman–Crippen MR) is 88.3 cm³/mol. The van der Waals surface area contributed by atoms with Crippen molar-refractivity contribution in [3.63, 3.8) is 0 Å². The molecular formula is C18H20O6. The number of carboxylic acids is 1. The summed E-state index contributed by atoms with van der Waals surface area (Å²) >= 11 is 0. The van der Waals surface area contributed by atoms with Gasteiger partial charge in [0.15, 0.2) is 17.6 Å². The zero-order valence-corrected chi connectivity index (χ0v) is 13.8. The molecule has 2 rings (SSSR count). The van der Waals surface area contributed by atoms with E-state index < -0.39 is 12.1 Å². The van der Waals surface area contributed by atoms with E-state index in [-0.39, 0.29) is 6.42 Å². The number of carboxylic acid groups (broad SMARTS) is 1. The molecule has 1 N–H and O–H groups in total. The average molecular weight is 332 g/mol. The number of hydrogen-bond donors (Lipinski definition) is 1. The highest BCUT2D eigenvalue weighted by molar-refractivity contribution is 5.73. The van der Waals surface area contributed by atoms with Gasteiger partial charge in [0, 0.05) is 12.0 Å². The Morgan fingerprint density at radius 3 is 2.21 bits per heavy atom. The van der Waals surface area contributed by atoms with Gasteiger partial charge in [-0.2, -0.15) is 0 Å². The molecule has 0 aliphatic rings. The number of aliphatic carboxylic acids is 1. The van der Waals surface area contributed by atoms with Gasteiger partial charge in [0.25, 0.3) is 0 Å². The molecule has 6 heteroatoms. The first-order valence-corrected chi connectivity index (χ1v) is 7.32. The molecule has 0 bridgehead atoms. The highest BCUT2D eigenvalue weighted by Crippen LogP contribution is 2.30. The van der Waals surface area contributed by atoms with Crippen LogP contribution in [0.3, 0.4) is 0 Å². The van der Waals surface area contributed by atoms with Crippen molar-refractivity contribution in [1.82, 2.24) is 0 Å². The molecule has 0 amide bonds. The van der Waals surface area contributed by atoms with Gasteiger partial charge in [0.1, 0.15) is 11.5 Å². The second-order valence-electron chi connectivity index (χ2n) is 4.98. The summed E-state index contributed by atoms with van der Waals surface area (Å²) in [7, 11) is 4.58. The smallest absolute Gasteiger partial charge is 0.345 e. The van der Waals surface area contributed by atoms with E-state index in [4.69, 9.17) is 18.9 Å². The van der Waals surface area contributed by atoms with Crippen molar-refractivity contribution in [2.45, 2.75) is 12.5 Å². The van der Waals surface area contributed by atoms with E-state index in [1.165, 1.54) is 14.2 Å². The summed E-state index contributed by atoms with van der Waals surface area (Å²) in [4.78, 5) is 11.6. The fourth-order valence-electron chi connectivity index (χ4n) is 2.29. The molecule has 1 atom stereocenters. The predicted octanol–water partition coefficient (Wildman–Crippen LogP) is 2.79. The SMILES string of the molecule is COc1ccc(OC)c(C[C@H](Oc2ccccc2OC)C(=O)O)c1. The van der Waals surface area contributed by atoms with Gasteiger partial charge in [-0.1, -0.05) is 12.1 Å². The third-order valence-electron chi connectivity index (χ3n) is 3.51. The molecular weight excluding hydrogens is 312 g/mol. The quantitative estimate of drug-likeness (QED) is 0.801. The molecule has 0 aromatic heterocycles. The summed E-state index contributed by atoms with van der Waals surface area (Å²) in [6, 6.07) is 12.1. The van der Waals surface area contributed by atoms with Crippen molar-refractivity contribution in [1.29, 1.82) is 0 Å². The molecule has 6 nitrogen and oxygen atoms in total. The maximum Gasteiger partial charge on any atom is 0.345 e. The Balaban J connectivity index is 2.28. The lowest BCUT2D eigenvalue weighted by atomic mass is 10.1. The van der Waals surface area contributed by atoms with Gasteiger partial charge in [-0.3, -0.25) is 0 Å². The lowest BCUT2D eigenvalue weighted by molar-refractivity contribution is -0.145. The molecule has 0 heterocycles. The van der Waals surface area contributed by atoms with Gasteiger partial charge in [-0.15, -0.1) is 0 Å². The third kappa shape index (κ3) is 4.10. The van der Waals surface area contributed by atoms with Crippen LogP contribution >= 0.6 is 0 Å². The Bertz CT molecular complexity index is 698. The number of carbonyl (C=O) groups is 1. The molecule has 0 saturated carbocycles. The Hall–Kier alpha value is -2.89. The summed E-state index contributed by atoms with van der Waals surface area (Å²) in [6.07, 6.45) is -0.976. The molecule has 0 spiro atoms. The van der Waals surface area contributed by atoms with Crippen LogP contribution < -0.4 is 18.9 Å². The second-order valence-corrected chi connectivity index (χ2v) is 4.98. The molecule has 2 aromatic rings. The van der Waals surface area contributed by atoms with Crippen LogP contribution in [-0.2, 0) is 11.2 Å². The van der Waals surface area contributed by atoms with E-state index in [0.29, 0.717) is 28.6 Å². The molecule has 0 unspecified atom stereocenters. The van der Waals surface area contributed by atoms with Crippen molar-refractivity contribution in [2.24, 2.45) is 0 Å². The minimum atomic E-state index is -1.10. The fraction of sp³-hybridized carbons (Fsp3) is 0.278. The summed E-state index contributed by atoms with van der Waals surface area (Å²) < 4.78 is 21.3. The van der Waals surface area contributed by atoms with Gasteiger partial charge < -0.3 is 24.1 Å². The maximum atomic E-state index is 11.6. The van der Waals surface area contributed by atoms with Crippen LogP contribution in [0, 0.1) is 0 Å². The van der Waals surface area contributed by atoms with Crippen molar-refractivity contribution in [2.75, 3.05) is 21.3 Å². The first kappa shape index (κ1) is 17.5. The van der Waals surface area contributed by atoms with Gasteiger partial charge in [0.05, 0.1) is 21.3 Å². The monoisotopic (exact) mass is 332 g/mol. The zero-order valence-electron chi connectivity index (χ0n) is 13.8. The van der Waals surface area contributed by atoms with Crippen LogP contribution in [0.5, 0.6) is 23.0 Å². The average Bonchev–Trinajstić information content (AvgIpc) is 2.61. The molecule has 0 aliphatic heterocycles. The number of methoxy groups -OCH3 is 3. The topological polar surface area (TPSA) is 74.2 Å². The highest BCUT2D eigenvalue weighted by atomic mass is 16.5. The maximum absolute atomic E-state index is 11.6. The van der Waals surface area contributed by atoms with Crippen LogP contribution in [-0.4, -0.2) is 38.5 Å². The molecule has 24 heavy (non-hydrogen) atoms. The van der Waals surface area contributed by atoms with Crippen LogP contribution in [0.4, 0.5) is 0 Å². The van der Waals surface area contributed by atoms with Gasteiger partial charge in [-0.25, -0.2) is 4.79 Å². The number of hydrogen-bond acceptors (Lipinski definition) is 5. The van der Waals surface area contributed by atoms with Crippen LogP contribution in [0.25, 0.3) is 0 Å². The summed E-state index contributed by atoms with van der Waals surface area (Å²) in [6.45, 7) is 0. The summed E-state index contributed by atoms with van der Waals surface area (Å²) in [5.41, 5.74) is 0.680. The van der Waals surface area contributed by atoms with E-state index in [2.05, 4.69) is 0 Å². The minimum Gasteiger partial charge on any atom is -0.497 e. The Kier molecular flexibility index (Phi) is 5.89. The van der Waals surface area contributed by atoms with Crippen LogP contribution in [0.15, 0.2) is 42.5 Å². The number of para-hydroxylation sites is 2. The molecule has 0 fully saturated rings. The first-order valence-electron chi connectivity index (χ1n) is 7.32. The number of rotatable bonds is 8. The second kappa shape index (κ2) is 8.10. The number of ether oxygens (including phenoxy) is 4. The molecule has 2 aromatic carbocycles. The summed E-state index contributed by atoms with van der Waals surface area (Å²) in [5, 5.41) is 9.51. The van der Waals surface area contributed by atoms with Crippen LogP contribution in [0.1, 0.15) is 5.56 Å². The number of benzene rings is 2. The van der Waals surface area contributed by atoms with E-state index >= 15 is 0 Å². The van der Waals surface area contributed by atoms with E-state index in [9.17, 15) is 9.90 Å². The third-order valence-corrected chi connectivity index (χ3v) is 3.51. The van der Waals surface area contributed by atoms with E-state index in [0.717, 1.165) is 0 Å². The molecule has 128 valence electrons. The lowest BCUT2D eigenvalue weighted by Crippen LogP contribution is -2.29. The van der Waals surface area contributed by atoms with Crippen molar-refractivity contribution < 1.29 is 28.8 Å². The Labute approximate surface area is 140 Å². The lowest BCUT2D eigenvalue weighted by Gasteiger charge is -2.18. The van der Waals surface area contributed by atoms with Crippen molar-refractivity contribution >= 4 is 5.97 Å². The summed E-state index contributed by atoms with van der Waals surface area (Å²) in [5.74, 6) is 0.958. The standard InChI is InChI=1S/C18H20O6/c1-21-13-8-9-14(22-2)12(10-13)11-17(18(19)20)24-16-7-5-4-6-15(16)23-3/h4-10,17H,11H2,1-3H3,(H,19,20)/t17-/m0/s1. The zero-order chi connectivity index (χ0) is 17.5. The Morgan fingerprint density at radius 1 is 0.958 bits per heavy atom. The van der Waals surface area contributed by atoms with Crippen molar-refractivity contribution in [3.05, 3.63) is 48.0 Å². The van der Waals surface area contributed by atoms with Gasteiger partial charge >= 0.3 is 5.97 Å². The molecule has 0 saturated heterocycles. The van der Waals surface area contributed by atoms with Crippen molar-refractivity contribution in [3.8, 4) is 23.0 Å².